The van der Waals surface area contributed by atoms with Crippen LogP contribution in [0.3, 0.4) is 0 Å². The Morgan fingerprint density at radius 3 is 2.42 bits per heavy atom. The summed E-state index contributed by atoms with van der Waals surface area (Å²) in [5, 5.41) is 44.5. The molecule has 4 aliphatic carbocycles. The normalized spacial score (nSPS) is 29.4. The average molecular weight is 521 g/mol. The summed E-state index contributed by atoms with van der Waals surface area (Å²) in [6.07, 6.45) is 5.83. The number of primary amides is 1. The van der Waals surface area contributed by atoms with Gasteiger partial charge < -0.3 is 26.2 Å². The smallest absolute Gasteiger partial charge is 0.255 e. The van der Waals surface area contributed by atoms with E-state index >= 15 is 0 Å². The summed E-state index contributed by atoms with van der Waals surface area (Å²) in [7, 11) is 3.15. The Bertz CT molecular complexity index is 1370. The fraction of sp³-hybridized carbons (Fsp3) is 0.483. The number of nitrogens with two attached hydrogens (primary N) is 1. The van der Waals surface area contributed by atoms with E-state index in [1.54, 1.807) is 20.2 Å². The van der Waals surface area contributed by atoms with Crippen molar-refractivity contribution in [3.05, 3.63) is 45.7 Å². The quantitative estimate of drug-likeness (QED) is 0.292. The summed E-state index contributed by atoms with van der Waals surface area (Å²) < 4.78 is 0. The summed E-state index contributed by atoms with van der Waals surface area (Å²) in [4.78, 5) is 40.6. The summed E-state index contributed by atoms with van der Waals surface area (Å²) in [5.74, 6) is 0.251. The third-order valence-corrected chi connectivity index (χ3v) is 8.62. The molecule has 6 N–H and O–H groups in total. The van der Waals surface area contributed by atoms with Crippen LogP contribution in [0.25, 0.3) is 5.76 Å². The number of hydrogen-bond acceptors (Lipinski definition) is 8. The van der Waals surface area contributed by atoms with Crippen molar-refractivity contribution in [1.29, 1.82) is 0 Å². The molecule has 0 aromatic heterocycles. The molecule has 0 aliphatic heterocycles. The van der Waals surface area contributed by atoms with E-state index in [2.05, 4.69) is 11.8 Å². The number of phenolic OH excluding ortho intramolecular Hbond substituents is 1. The highest BCUT2D eigenvalue weighted by atomic mass is 16.3. The summed E-state index contributed by atoms with van der Waals surface area (Å²) in [6, 6.07) is 2.00. The second-order valence-corrected chi connectivity index (χ2v) is 11.1. The van der Waals surface area contributed by atoms with Gasteiger partial charge in [0.25, 0.3) is 5.91 Å². The fourth-order valence-electron chi connectivity index (χ4n) is 6.79. The van der Waals surface area contributed by atoms with Crippen LogP contribution in [0.4, 0.5) is 0 Å². The van der Waals surface area contributed by atoms with Crippen molar-refractivity contribution in [2.75, 3.05) is 14.1 Å². The molecular formula is C29H32N2O7. The zero-order chi connectivity index (χ0) is 27.5. The number of aromatic hydroxyl groups is 1. The third-order valence-electron chi connectivity index (χ3n) is 8.62. The van der Waals surface area contributed by atoms with E-state index in [1.165, 1.54) is 17.4 Å². The minimum absolute atomic E-state index is 0.0525. The first kappa shape index (κ1) is 26.0. The number of phenols is 1. The van der Waals surface area contributed by atoms with Gasteiger partial charge in [-0.25, -0.2) is 0 Å². The molecule has 4 atom stereocenters. The molecule has 1 amide bonds. The fourth-order valence-corrected chi connectivity index (χ4v) is 6.79. The number of carbonyl (C=O) groups excluding carboxylic acids is 3. The van der Waals surface area contributed by atoms with Crippen LogP contribution < -0.4 is 5.73 Å². The number of fused-ring (bicyclic) bond motifs is 3. The molecule has 0 bridgehead atoms. The topological polar surface area (TPSA) is 161 Å². The average Bonchev–Trinajstić information content (AvgIpc) is 2.86. The van der Waals surface area contributed by atoms with Gasteiger partial charge in [0.2, 0.25) is 5.78 Å². The van der Waals surface area contributed by atoms with Crippen LogP contribution >= 0.6 is 0 Å². The van der Waals surface area contributed by atoms with Crippen molar-refractivity contribution < 1.29 is 34.8 Å². The number of likely N-dealkylation sites (N-methyl/N-ethyl adjacent to an activating group) is 1. The van der Waals surface area contributed by atoms with Crippen molar-refractivity contribution in [3.63, 3.8) is 0 Å². The largest absolute Gasteiger partial charge is 0.508 e. The molecule has 0 spiro atoms. The number of aliphatic hydroxyl groups excluding tert-OH is 2. The van der Waals surface area contributed by atoms with Crippen molar-refractivity contribution in [2.45, 2.75) is 56.6 Å². The maximum Gasteiger partial charge on any atom is 0.255 e. The van der Waals surface area contributed by atoms with Gasteiger partial charge in [0.1, 0.15) is 22.8 Å². The van der Waals surface area contributed by atoms with Gasteiger partial charge in [0, 0.05) is 23.0 Å². The number of Topliss-reactive ketones (excluding diaryl/α,β-unsaturated/α-hetero) is 2. The maximum absolute atomic E-state index is 13.9. The van der Waals surface area contributed by atoms with Gasteiger partial charge in [-0.05, 0) is 63.4 Å². The Morgan fingerprint density at radius 1 is 1.11 bits per heavy atom. The van der Waals surface area contributed by atoms with Crippen LogP contribution in [0.5, 0.6) is 5.75 Å². The Hall–Kier alpha value is -3.61. The molecular weight excluding hydrogens is 488 g/mol. The number of carbonyl (C=O) groups is 3. The van der Waals surface area contributed by atoms with E-state index in [4.69, 9.17) is 5.73 Å². The van der Waals surface area contributed by atoms with Crippen LogP contribution in [-0.2, 0) is 20.8 Å². The SMILES string of the molecule is CN(C)[C@@H]1C(=O)C(C(N)=O)=C(O)[C@@]2(O)C(=O)C3=C(O)c4c(O)ccc(C#CC5CCCCC5)c4C[C@H]3C[C@@H]12. The van der Waals surface area contributed by atoms with E-state index in [0.29, 0.717) is 11.1 Å². The minimum Gasteiger partial charge on any atom is -0.508 e. The number of amides is 1. The van der Waals surface area contributed by atoms with E-state index in [-0.39, 0.29) is 35.6 Å². The standard InChI is InChI=1S/C29H32N2O7/c1-31(2)23-18-13-16-12-17-15(9-8-14-6-4-3-5-7-14)10-11-19(32)21(17)24(33)20(16)26(35)29(18,38)27(36)22(25(23)34)28(30)37/h10-11,14,16,18,23,32-33,36,38H,3-7,12-13H2,1-2H3,(H2,30,37)/t16-,18-,23-,29-/m0/s1. The van der Waals surface area contributed by atoms with Crippen LogP contribution in [0.1, 0.15) is 55.2 Å². The predicted molar refractivity (Wildman–Crippen MR) is 138 cm³/mol. The monoisotopic (exact) mass is 520 g/mol. The molecule has 0 heterocycles. The van der Waals surface area contributed by atoms with Crippen LogP contribution in [0.2, 0.25) is 0 Å². The number of rotatable bonds is 2. The molecule has 2 saturated carbocycles. The molecule has 2 fully saturated rings. The van der Waals surface area contributed by atoms with Crippen LogP contribution in [-0.4, -0.2) is 68.5 Å². The molecule has 9 nitrogen and oxygen atoms in total. The Kier molecular flexibility index (Phi) is 6.36. The van der Waals surface area contributed by atoms with Crippen LogP contribution in [0.15, 0.2) is 29.0 Å². The Morgan fingerprint density at radius 2 is 1.79 bits per heavy atom. The zero-order valence-electron chi connectivity index (χ0n) is 21.5. The summed E-state index contributed by atoms with van der Waals surface area (Å²) in [6.45, 7) is 0. The summed E-state index contributed by atoms with van der Waals surface area (Å²) in [5.41, 5.74) is 3.03. The van der Waals surface area contributed by atoms with E-state index in [0.717, 1.165) is 25.7 Å². The lowest BCUT2D eigenvalue weighted by atomic mass is 9.57. The maximum atomic E-state index is 13.9. The lowest BCUT2D eigenvalue weighted by Gasteiger charge is -2.50. The first-order valence-corrected chi connectivity index (χ1v) is 13.0. The Balaban J connectivity index is 1.65. The van der Waals surface area contributed by atoms with Gasteiger partial charge in [-0.1, -0.05) is 31.1 Å². The molecule has 38 heavy (non-hydrogen) atoms. The number of hydrogen-bond donors (Lipinski definition) is 5. The molecule has 0 saturated heterocycles. The molecule has 9 heteroatoms. The van der Waals surface area contributed by atoms with Crippen molar-refractivity contribution in [1.82, 2.24) is 4.90 Å². The van der Waals surface area contributed by atoms with Gasteiger partial charge >= 0.3 is 0 Å². The molecule has 4 aliphatic rings. The molecule has 0 unspecified atom stereocenters. The highest BCUT2D eigenvalue weighted by molar-refractivity contribution is 6.24. The van der Waals surface area contributed by atoms with Crippen molar-refractivity contribution in [3.8, 4) is 17.6 Å². The summed E-state index contributed by atoms with van der Waals surface area (Å²) >= 11 is 0. The first-order valence-electron chi connectivity index (χ1n) is 13.0. The first-order chi connectivity index (χ1) is 18.0. The third kappa shape index (κ3) is 3.74. The molecule has 0 radical (unpaired) electrons. The number of nitrogens with zero attached hydrogens (tertiary/aromatic N) is 1. The van der Waals surface area contributed by atoms with Gasteiger partial charge in [-0.2, -0.15) is 0 Å². The van der Waals surface area contributed by atoms with Crippen LogP contribution in [0, 0.1) is 29.6 Å². The van der Waals surface area contributed by atoms with Gasteiger partial charge in [-0.3, -0.25) is 19.3 Å². The van der Waals surface area contributed by atoms with Gasteiger partial charge in [0.15, 0.2) is 11.4 Å². The number of benzene rings is 1. The molecule has 5 rings (SSSR count). The van der Waals surface area contributed by atoms with Crippen molar-refractivity contribution >= 4 is 23.2 Å². The molecule has 1 aromatic rings. The Labute approximate surface area is 220 Å². The number of aliphatic hydroxyl groups is 3. The van der Waals surface area contributed by atoms with Gasteiger partial charge in [-0.15, -0.1) is 0 Å². The predicted octanol–water partition coefficient (Wildman–Crippen LogP) is 1.90. The van der Waals surface area contributed by atoms with Crippen molar-refractivity contribution in [2.24, 2.45) is 23.5 Å². The second-order valence-electron chi connectivity index (χ2n) is 11.1. The lowest BCUT2D eigenvalue weighted by Crippen LogP contribution is -2.65. The minimum atomic E-state index is -2.64. The van der Waals surface area contributed by atoms with E-state index in [9.17, 15) is 34.8 Å². The lowest BCUT2D eigenvalue weighted by molar-refractivity contribution is -0.153. The number of ketones is 2. The second kappa shape index (κ2) is 9.29. The highest BCUT2D eigenvalue weighted by Crippen LogP contribution is 2.52. The van der Waals surface area contributed by atoms with Gasteiger partial charge in [0.05, 0.1) is 11.6 Å². The zero-order valence-corrected chi connectivity index (χ0v) is 21.5. The highest BCUT2D eigenvalue weighted by Gasteiger charge is 2.64. The molecule has 200 valence electrons. The molecule has 1 aromatic carbocycles. The van der Waals surface area contributed by atoms with E-state index < -0.39 is 58.0 Å². The van der Waals surface area contributed by atoms with E-state index in [1.807, 2.05) is 0 Å².